The van der Waals surface area contributed by atoms with E-state index in [2.05, 4.69) is 27.4 Å². The summed E-state index contributed by atoms with van der Waals surface area (Å²) >= 11 is 0. The number of guanidine groups is 1. The summed E-state index contributed by atoms with van der Waals surface area (Å²) in [6.45, 7) is 6.23. The van der Waals surface area contributed by atoms with E-state index in [0.29, 0.717) is 24.1 Å². The van der Waals surface area contributed by atoms with E-state index in [1.807, 2.05) is 0 Å². The van der Waals surface area contributed by atoms with E-state index in [1.165, 1.54) is 27.2 Å². The smallest absolute Gasteiger partial charge is 0.200 e. The Hall–Kier alpha value is -1.42. The van der Waals surface area contributed by atoms with E-state index < -0.39 is 0 Å². The number of piperidine rings is 1. The van der Waals surface area contributed by atoms with Crippen molar-refractivity contribution in [2.45, 2.75) is 38.8 Å². The van der Waals surface area contributed by atoms with Crippen molar-refractivity contribution < 1.29 is 14.6 Å². The minimum Gasteiger partial charge on any atom is -0.502 e. The number of aliphatic imine (C=N–C) groups is 1. The van der Waals surface area contributed by atoms with Crippen LogP contribution >= 0.6 is 24.0 Å². The normalized spacial score (nSPS) is 15.8. The lowest BCUT2D eigenvalue weighted by atomic mass is 10.1. The quantitative estimate of drug-likeness (QED) is 0.309. The second-order valence-corrected chi connectivity index (χ2v) is 6.53. The van der Waals surface area contributed by atoms with E-state index in [-0.39, 0.29) is 29.7 Å². The van der Waals surface area contributed by atoms with Gasteiger partial charge in [0.1, 0.15) is 0 Å². The second kappa shape index (κ2) is 12.1. The molecule has 0 aromatic heterocycles. The molecule has 1 heterocycles. The fourth-order valence-electron chi connectivity index (χ4n) is 3.24. The highest BCUT2D eigenvalue weighted by molar-refractivity contribution is 14.0. The number of nitrogens with one attached hydrogen (secondary N) is 2. The molecule has 0 saturated carbocycles. The number of benzene rings is 1. The molecule has 1 aromatic rings. The topological polar surface area (TPSA) is 78.4 Å². The summed E-state index contributed by atoms with van der Waals surface area (Å²) in [6.07, 6.45) is 3.46. The van der Waals surface area contributed by atoms with Crippen molar-refractivity contribution in [3.8, 4) is 17.2 Å². The number of hydrogen-bond donors (Lipinski definition) is 3. The molecule has 1 aliphatic rings. The third-order valence-corrected chi connectivity index (χ3v) is 4.69. The molecule has 154 valence electrons. The van der Waals surface area contributed by atoms with Crippen LogP contribution in [0.1, 0.15) is 31.7 Å². The number of aromatic hydroxyl groups is 1. The maximum absolute atomic E-state index is 10.0. The summed E-state index contributed by atoms with van der Waals surface area (Å²) in [5.74, 6) is 1.59. The van der Waals surface area contributed by atoms with Gasteiger partial charge in [-0.2, -0.15) is 0 Å². The van der Waals surface area contributed by atoms with Gasteiger partial charge in [-0.1, -0.05) is 6.92 Å². The molecule has 0 unspecified atom stereocenters. The molecule has 1 fully saturated rings. The maximum atomic E-state index is 10.0. The number of methoxy groups -OCH3 is 2. The van der Waals surface area contributed by atoms with E-state index in [4.69, 9.17) is 9.47 Å². The van der Waals surface area contributed by atoms with E-state index in [0.717, 1.165) is 37.5 Å². The largest absolute Gasteiger partial charge is 0.502 e. The lowest BCUT2D eigenvalue weighted by molar-refractivity contribution is 0.206. The highest BCUT2D eigenvalue weighted by Gasteiger charge is 2.19. The highest BCUT2D eigenvalue weighted by atomic mass is 127. The van der Waals surface area contributed by atoms with Gasteiger partial charge in [0.15, 0.2) is 17.5 Å². The number of nitrogens with zero attached hydrogens (tertiary/aromatic N) is 2. The molecule has 0 spiro atoms. The first-order valence-electron chi connectivity index (χ1n) is 9.24. The molecule has 8 heteroatoms. The van der Waals surface area contributed by atoms with Crippen molar-refractivity contribution in [3.05, 3.63) is 17.7 Å². The number of rotatable bonds is 7. The molecular weight excluding hydrogens is 459 g/mol. The van der Waals surface area contributed by atoms with E-state index >= 15 is 0 Å². The summed E-state index contributed by atoms with van der Waals surface area (Å²) in [4.78, 5) is 6.84. The number of phenols is 1. The number of likely N-dealkylation sites (tertiary alicyclic amines) is 1. The summed E-state index contributed by atoms with van der Waals surface area (Å²) in [5.41, 5.74) is 0.942. The Morgan fingerprint density at radius 1 is 1.22 bits per heavy atom. The molecule has 1 saturated heterocycles. The standard InChI is InChI=1S/C19H32N4O3.HI/c1-5-8-23-9-6-15(7-10-23)22-19(20-2)21-13-14-11-16(25-3)18(24)17(12-14)26-4;/h11-12,15,24H,5-10,13H2,1-4H3,(H2,20,21,22);1H. The Kier molecular flexibility index (Phi) is 10.6. The number of halogens is 1. The van der Waals surface area contributed by atoms with Crippen LogP contribution in [0, 0.1) is 0 Å². The second-order valence-electron chi connectivity index (χ2n) is 6.53. The predicted molar refractivity (Wildman–Crippen MR) is 120 cm³/mol. The average Bonchev–Trinajstić information content (AvgIpc) is 2.67. The van der Waals surface area contributed by atoms with Gasteiger partial charge in [0, 0.05) is 32.7 Å². The average molecular weight is 492 g/mol. The minimum absolute atomic E-state index is 0. The van der Waals surface area contributed by atoms with Gasteiger partial charge in [-0.3, -0.25) is 4.99 Å². The van der Waals surface area contributed by atoms with Gasteiger partial charge in [0.05, 0.1) is 14.2 Å². The van der Waals surface area contributed by atoms with E-state index in [9.17, 15) is 5.11 Å². The molecule has 7 nitrogen and oxygen atoms in total. The maximum Gasteiger partial charge on any atom is 0.200 e. The van der Waals surface area contributed by atoms with Crippen LogP contribution in [0.2, 0.25) is 0 Å². The zero-order valence-electron chi connectivity index (χ0n) is 16.7. The molecule has 3 N–H and O–H groups in total. The molecular formula is C19H33IN4O3. The van der Waals surface area contributed by atoms with Gasteiger partial charge < -0.3 is 30.1 Å². The number of phenolic OH excluding ortho intramolecular Hbond substituents is 1. The van der Waals surface area contributed by atoms with Gasteiger partial charge in [0.25, 0.3) is 0 Å². The van der Waals surface area contributed by atoms with Crippen LogP contribution in [0.25, 0.3) is 0 Å². The molecule has 0 aliphatic carbocycles. The lowest BCUT2D eigenvalue weighted by Crippen LogP contribution is -2.48. The van der Waals surface area contributed by atoms with Gasteiger partial charge in [0.2, 0.25) is 5.75 Å². The summed E-state index contributed by atoms with van der Waals surface area (Å²) < 4.78 is 10.4. The Morgan fingerprint density at radius 2 is 1.81 bits per heavy atom. The molecule has 0 radical (unpaired) electrons. The zero-order valence-corrected chi connectivity index (χ0v) is 19.1. The Bertz CT molecular complexity index is 580. The van der Waals surface area contributed by atoms with Gasteiger partial charge in [-0.15, -0.1) is 24.0 Å². The Balaban J connectivity index is 0.00000364. The number of hydrogen-bond acceptors (Lipinski definition) is 5. The van der Waals surface area contributed by atoms with Gasteiger partial charge >= 0.3 is 0 Å². The van der Waals surface area contributed by atoms with Crippen LogP contribution in [0.5, 0.6) is 17.2 Å². The van der Waals surface area contributed by atoms with Gasteiger partial charge in [-0.05, 0) is 43.5 Å². The first-order chi connectivity index (χ1) is 12.6. The van der Waals surface area contributed by atoms with Crippen LogP contribution in [0.3, 0.4) is 0 Å². The third-order valence-electron chi connectivity index (χ3n) is 4.69. The Labute approximate surface area is 179 Å². The first-order valence-corrected chi connectivity index (χ1v) is 9.24. The van der Waals surface area contributed by atoms with Crippen molar-refractivity contribution >= 4 is 29.9 Å². The van der Waals surface area contributed by atoms with Crippen LogP contribution in [0.15, 0.2) is 17.1 Å². The fourth-order valence-corrected chi connectivity index (χ4v) is 3.24. The van der Waals surface area contributed by atoms with Gasteiger partial charge in [-0.25, -0.2) is 0 Å². The first kappa shape index (κ1) is 23.6. The van der Waals surface area contributed by atoms with Crippen molar-refractivity contribution in [2.75, 3.05) is 40.9 Å². The molecule has 0 atom stereocenters. The van der Waals surface area contributed by atoms with Crippen LogP contribution < -0.4 is 20.1 Å². The van der Waals surface area contributed by atoms with E-state index in [1.54, 1.807) is 19.2 Å². The van der Waals surface area contributed by atoms with Crippen LogP contribution in [0.4, 0.5) is 0 Å². The molecule has 0 amide bonds. The highest BCUT2D eigenvalue weighted by Crippen LogP contribution is 2.36. The fraction of sp³-hybridized carbons (Fsp3) is 0.632. The molecule has 1 aromatic carbocycles. The van der Waals surface area contributed by atoms with Crippen LogP contribution in [-0.2, 0) is 6.54 Å². The third kappa shape index (κ3) is 6.91. The summed E-state index contributed by atoms with van der Waals surface area (Å²) in [5, 5.41) is 16.8. The van der Waals surface area contributed by atoms with Crippen LogP contribution in [-0.4, -0.2) is 62.9 Å². The molecule has 1 aliphatic heterocycles. The Morgan fingerprint density at radius 3 is 2.30 bits per heavy atom. The van der Waals surface area contributed by atoms with Crippen molar-refractivity contribution in [3.63, 3.8) is 0 Å². The molecule has 2 rings (SSSR count). The van der Waals surface area contributed by atoms with Crippen molar-refractivity contribution in [1.29, 1.82) is 0 Å². The SMILES string of the molecule is CCCN1CCC(NC(=NC)NCc2cc(OC)c(O)c(OC)c2)CC1.I. The summed E-state index contributed by atoms with van der Waals surface area (Å²) in [7, 11) is 4.83. The summed E-state index contributed by atoms with van der Waals surface area (Å²) in [6, 6.07) is 4.03. The lowest BCUT2D eigenvalue weighted by Gasteiger charge is -2.32. The molecule has 0 bridgehead atoms. The minimum atomic E-state index is 0. The monoisotopic (exact) mass is 492 g/mol. The van der Waals surface area contributed by atoms with Crippen molar-refractivity contribution in [2.24, 2.45) is 4.99 Å². The van der Waals surface area contributed by atoms with Crippen molar-refractivity contribution in [1.82, 2.24) is 15.5 Å². The number of ether oxygens (including phenoxy) is 2. The zero-order chi connectivity index (χ0) is 18.9. The predicted octanol–water partition coefficient (Wildman–Crippen LogP) is 2.57. The molecule has 27 heavy (non-hydrogen) atoms.